The number of piperazine rings is 1. The molecule has 1 N–H and O–H groups in total. The van der Waals surface area contributed by atoms with Crippen molar-refractivity contribution >= 4 is 5.91 Å². The van der Waals surface area contributed by atoms with E-state index in [2.05, 4.69) is 56.4 Å². The maximum Gasteiger partial charge on any atom is 0.294 e. The standard InChI is InChI=1S/C16H30N4O4.C16H24/c1-2-3-4-5-7-16(21)17-8-10-19-13-11-18(12-14-19)9-6-15-24-20(22)23;1-3-9-15(10-4-1)11-5-2-6-12-16-13-7-8-14-16/h2-3H,4-15H2,1H3,(H,17,21);1,3-4,9-10,16H,2,5-8,11-14H2/b3-2-;. The van der Waals surface area contributed by atoms with Gasteiger partial charge in [0.1, 0.15) is 0 Å². The Labute approximate surface area is 242 Å². The predicted molar refractivity (Wildman–Crippen MR) is 163 cm³/mol. The summed E-state index contributed by atoms with van der Waals surface area (Å²) in [6.07, 6.45) is 20.2. The third kappa shape index (κ3) is 17.3. The number of allylic oxidation sites excluding steroid dienone is 2. The number of nitrogens with one attached hydrogen (secondary N) is 1. The summed E-state index contributed by atoms with van der Waals surface area (Å²) in [5.74, 6) is 1.21. The van der Waals surface area contributed by atoms with Crippen LogP contribution >= 0.6 is 0 Å². The Balaban J connectivity index is 0.000000302. The van der Waals surface area contributed by atoms with E-state index in [0.717, 1.165) is 58.0 Å². The Hall–Kier alpha value is -2.45. The second-order valence-electron chi connectivity index (χ2n) is 11.1. The summed E-state index contributed by atoms with van der Waals surface area (Å²) >= 11 is 0. The lowest BCUT2D eigenvalue weighted by Crippen LogP contribution is -2.48. The minimum atomic E-state index is -0.743. The zero-order valence-corrected chi connectivity index (χ0v) is 24.9. The number of aryl methyl sites for hydroxylation is 1. The van der Waals surface area contributed by atoms with Crippen LogP contribution in [-0.2, 0) is 16.1 Å². The summed E-state index contributed by atoms with van der Waals surface area (Å²) < 4.78 is 0. The van der Waals surface area contributed by atoms with E-state index >= 15 is 0 Å². The van der Waals surface area contributed by atoms with Crippen molar-refractivity contribution in [2.45, 2.75) is 90.4 Å². The van der Waals surface area contributed by atoms with Crippen LogP contribution in [0, 0.1) is 16.0 Å². The van der Waals surface area contributed by atoms with Gasteiger partial charge in [-0.15, -0.1) is 10.1 Å². The fraction of sp³-hybridized carbons (Fsp3) is 0.719. The van der Waals surface area contributed by atoms with Gasteiger partial charge >= 0.3 is 0 Å². The maximum atomic E-state index is 11.7. The van der Waals surface area contributed by atoms with E-state index in [-0.39, 0.29) is 12.5 Å². The van der Waals surface area contributed by atoms with Gasteiger partial charge in [-0.25, -0.2) is 0 Å². The fourth-order valence-corrected chi connectivity index (χ4v) is 5.54. The average Bonchev–Trinajstić information content (AvgIpc) is 3.49. The van der Waals surface area contributed by atoms with E-state index in [9.17, 15) is 14.9 Å². The molecule has 226 valence electrons. The Bertz CT molecular complexity index is 806. The van der Waals surface area contributed by atoms with Gasteiger partial charge in [-0.1, -0.05) is 87.4 Å². The third-order valence-corrected chi connectivity index (χ3v) is 7.94. The zero-order valence-electron chi connectivity index (χ0n) is 24.9. The second-order valence-corrected chi connectivity index (χ2v) is 11.1. The van der Waals surface area contributed by atoms with E-state index in [4.69, 9.17) is 0 Å². The number of carbonyl (C=O) groups is 1. The van der Waals surface area contributed by atoms with E-state index in [1.165, 1.54) is 63.4 Å². The molecule has 1 amide bonds. The molecule has 0 bridgehead atoms. The molecule has 40 heavy (non-hydrogen) atoms. The highest BCUT2D eigenvalue weighted by Crippen LogP contribution is 2.29. The molecule has 1 saturated carbocycles. The monoisotopic (exact) mass is 558 g/mol. The van der Waals surface area contributed by atoms with Gasteiger partial charge < -0.3 is 15.1 Å². The second kappa shape index (κ2) is 22.3. The maximum absolute atomic E-state index is 11.7. The van der Waals surface area contributed by atoms with E-state index in [1.807, 2.05) is 13.0 Å². The first kappa shape index (κ1) is 33.8. The molecule has 0 unspecified atom stereocenters. The zero-order chi connectivity index (χ0) is 28.7. The molecular weight excluding hydrogens is 504 g/mol. The first-order chi connectivity index (χ1) is 19.6. The largest absolute Gasteiger partial charge is 0.355 e. The van der Waals surface area contributed by atoms with Crippen LogP contribution in [-0.4, -0.2) is 73.2 Å². The molecule has 0 aromatic heterocycles. The minimum absolute atomic E-state index is 0.129. The summed E-state index contributed by atoms with van der Waals surface area (Å²) in [5.41, 5.74) is 1.50. The number of carbonyl (C=O) groups excluding carboxylic acids is 1. The molecule has 1 aromatic rings. The number of amides is 1. The molecule has 1 aliphatic carbocycles. The first-order valence-electron chi connectivity index (χ1n) is 15.7. The molecule has 0 spiro atoms. The normalized spacial score (nSPS) is 16.5. The van der Waals surface area contributed by atoms with Crippen molar-refractivity contribution in [1.82, 2.24) is 15.1 Å². The first-order valence-corrected chi connectivity index (χ1v) is 15.7. The highest BCUT2D eigenvalue weighted by atomic mass is 16.9. The van der Waals surface area contributed by atoms with Gasteiger partial charge in [-0.05, 0) is 50.5 Å². The average molecular weight is 559 g/mol. The van der Waals surface area contributed by atoms with E-state index < -0.39 is 5.09 Å². The molecule has 3 rings (SSSR count). The van der Waals surface area contributed by atoms with Crippen LogP contribution in [0.15, 0.2) is 42.5 Å². The van der Waals surface area contributed by atoms with Crippen LogP contribution in [0.2, 0.25) is 0 Å². The van der Waals surface area contributed by atoms with Crippen molar-refractivity contribution in [2.24, 2.45) is 5.92 Å². The predicted octanol–water partition coefficient (Wildman–Crippen LogP) is 6.04. The van der Waals surface area contributed by atoms with Crippen molar-refractivity contribution in [3.05, 3.63) is 58.2 Å². The van der Waals surface area contributed by atoms with Crippen LogP contribution in [0.1, 0.15) is 89.5 Å². The van der Waals surface area contributed by atoms with Gasteiger partial charge in [-0.2, -0.15) is 0 Å². The third-order valence-electron chi connectivity index (χ3n) is 7.94. The molecule has 0 radical (unpaired) electrons. The van der Waals surface area contributed by atoms with Crippen molar-refractivity contribution < 1.29 is 14.7 Å². The molecule has 1 aliphatic heterocycles. The highest BCUT2D eigenvalue weighted by Gasteiger charge is 2.16. The van der Waals surface area contributed by atoms with Gasteiger partial charge in [0.05, 0.1) is 6.61 Å². The smallest absolute Gasteiger partial charge is 0.294 e. The lowest BCUT2D eigenvalue weighted by atomic mass is 9.98. The lowest BCUT2D eigenvalue weighted by Gasteiger charge is -2.34. The van der Waals surface area contributed by atoms with Crippen molar-refractivity contribution in [2.75, 3.05) is 52.4 Å². The number of hydrogen-bond donors (Lipinski definition) is 1. The van der Waals surface area contributed by atoms with Gasteiger partial charge in [0.25, 0.3) is 5.09 Å². The SMILES string of the molecule is C/C=C\CCCC(=O)NCCN1CCN(CCCO[N+](=O)[O-])CC1.c1ccc(CCCCCC2CCCC2)cc1. The summed E-state index contributed by atoms with van der Waals surface area (Å²) in [4.78, 5) is 30.7. The summed E-state index contributed by atoms with van der Waals surface area (Å²) in [6.45, 7) is 8.38. The number of hydrogen-bond acceptors (Lipinski definition) is 6. The molecule has 2 fully saturated rings. The van der Waals surface area contributed by atoms with Gasteiger partial charge in [0.2, 0.25) is 5.91 Å². The summed E-state index contributed by atoms with van der Waals surface area (Å²) in [6, 6.07) is 10.9. The van der Waals surface area contributed by atoms with Gasteiger partial charge in [0, 0.05) is 52.2 Å². The molecule has 1 heterocycles. The molecule has 0 atom stereocenters. The Morgan fingerprint density at radius 3 is 2.38 bits per heavy atom. The van der Waals surface area contributed by atoms with Gasteiger partial charge in [0.15, 0.2) is 0 Å². The number of nitrogens with zero attached hydrogens (tertiary/aromatic N) is 3. The van der Waals surface area contributed by atoms with Gasteiger partial charge in [-0.3, -0.25) is 9.69 Å². The summed E-state index contributed by atoms with van der Waals surface area (Å²) in [5, 5.41) is 12.3. The Morgan fingerprint density at radius 2 is 1.70 bits per heavy atom. The van der Waals surface area contributed by atoms with Crippen LogP contribution in [0.3, 0.4) is 0 Å². The van der Waals surface area contributed by atoms with Crippen LogP contribution < -0.4 is 5.32 Å². The molecular formula is C32H54N4O4. The quantitative estimate of drug-likeness (QED) is 0.102. The number of rotatable bonds is 18. The fourth-order valence-electron chi connectivity index (χ4n) is 5.54. The molecule has 1 saturated heterocycles. The Morgan fingerprint density at radius 1 is 1.00 bits per heavy atom. The summed E-state index contributed by atoms with van der Waals surface area (Å²) in [7, 11) is 0. The number of benzene rings is 1. The minimum Gasteiger partial charge on any atom is -0.355 e. The highest BCUT2D eigenvalue weighted by molar-refractivity contribution is 5.75. The van der Waals surface area contributed by atoms with Crippen molar-refractivity contribution in [3.63, 3.8) is 0 Å². The molecule has 2 aliphatic rings. The number of unbranched alkanes of at least 4 members (excludes halogenated alkanes) is 3. The van der Waals surface area contributed by atoms with Crippen LogP contribution in [0.4, 0.5) is 0 Å². The topological polar surface area (TPSA) is 88.0 Å². The van der Waals surface area contributed by atoms with E-state index in [1.54, 1.807) is 0 Å². The van der Waals surface area contributed by atoms with Crippen LogP contribution in [0.25, 0.3) is 0 Å². The molecule has 8 nitrogen and oxygen atoms in total. The molecule has 1 aromatic carbocycles. The Kier molecular flexibility index (Phi) is 18.8. The van der Waals surface area contributed by atoms with Crippen LogP contribution in [0.5, 0.6) is 0 Å². The van der Waals surface area contributed by atoms with Crippen molar-refractivity contribution in [1.29, 1.82) is 0 Å². The van der Waals surface area contributed by atoms with E-state index in [0.29, 0.717) is 19.4 Å². The van der Waals surface area contributed by atoms with Crippen molar-refractivity contribution in [3.8, 4) is 0 Å². The lowest BCUT2D eigenvalue weighted by molar-refractivity contribution is -0.757. The molecule has 8 heteroatoms.